The van der Waals surface area contributed by atoms with Crippen molar-refractivity contribution < 1.29 is 9.90 Å². The van der Waals surface area contributed by atoms with E-state index in [2.05, 4.69) is 6.92 Å². The Morgan fingerprint density at radius 2 is 2.15 bits per heavy atom. The van der Waals surface area contributed by atoms with Crippen LogP contribution in [0.5, 0.6) is 0 Å². The molecule has 0 aromatic carbocycles. The molecule has 0 aromatic heterocycles. The monoisotopic (exact) mass is 200 g/mol. The highest BCUT2D eigenvalue weighted by molar-refractivity contribution is 8.04. The SMILES string of the molecule is CCCCC1SC(CC)=C(O)C1=O. The highest BCUT2D eigenvalue weighted by Crippen LogP contribution is 2.38. The normalized spacial score (nSPS) is 22.9. The fraction of sp³-hybridized carbons (Fsp3) is 0.700. The molecule has 0 aliphatic carbocycles. The van der Waals surface area contributed by atoms with E-state index in [-0.39, 0.29) is 16.8 Å². The van der Waals surface area contributed by atoms with Crippen LogP contribution in [0, 0.1) is 0 Å². The Hall–Kier alpha value is -0.440. The molecule has 0 radical (unpaired) electrons. The van der Waals surface area contributed by atoms with Crippen LogP contribution >= 0.6 is 11.8 Å². The van der Waals surface area contributed by atoms with Crippen molar-refractivity contribution in [3.8, 4) is 0 Å². The summed E-state index contributed by atoms with van der Waals surface area (Å²) in [5, 5.41) is 9.43. The molecule has 74 valence electrons. The summed E-state index contributed by atoms with van der Waals surface area (Å²) in [5.41, 5.74) is 0. The Bertz CT molecular complexity index is 233. The average Bonchev–Trinajstić information content (AvgIpc) is 2.41. The van der Waals surface area contributed by atoms with Crippen molar-refractivity contribution in [2.24, 2.45) is 0 Å². The first kappa shape index (κ1) is 10.6. The van der Waals surface area contributed by atoms with Crippen LogP contribution in [0.3, 0.4) is 0 Å². The number of hydrogen-bond donors (Lipinski definition) is 1. The quantitative estimate of drug-likeness (QED) is 0.758. The predicted octanol–water partition coefficient (Wildman–Crippen LogP) is 3.04. The number of hydrogen-bond acceptors (Lipinski definition) is 3. The van der Waals surface area contributed by atoms with E-state index in [1.807, 2.05) is 6.92 Å². The zero-order valence-electron chi connectivity index (χ0n) is 8.17. The van der Waals surface area contributed by atoms with Crippen LogP contribution in [0.1, 0.15) is 39.5 Å². The number of thioether (sulfide) groups is 1. The van der Waals surface area contributed by atoms with Gasteiger partial charge in [-0.2, -0.15) is 0 Å². The van der Waals surface area contributed by atoms with Gasteiger partial charge in [-0.05, 0) is 12.8 Å². The van der Waals surface area contributed by atoms with E-state index in [0.29, 0.717) is 0 Å². The lowest BCUT2D eigenvalue weighted by Crippen LogP contribution is -2.13. The van der Waals surface area contributed by atoms with Crippen LogP contribution < -0.4 is 0 Å². The van der Waals surface area contributed by atoms with E-state index in [9.17, 15) is 9.90 Å². The second kappa shape index (κ2) is 4.70. The summed E-state index contributed by atoms with van der Waals surface area (Å²) in [4.78, 5) is 12.3. The standard InChI is InChI=1S/C10H16O2S/c1-3-5-6-8-10(12)9(11)7(4-2)13-8/h8,11H,3-6H2,1-2H3. The van der Waals surface area contributed by atoms with Crippen LogP contribution in [-0.4, -0.2) is 16.1 Å². The minimum absolute atomic E-state index is 0.00472. The zero-order valence-corrected chi connectivity index (χ0v) is 8.99. The van der Waals surface area contributed by atoms with Gasteiger partial charge in [-0.25, -0.2) is 0 Å². The highest BCUT2D eigenvalue weighted by Gasteiger charge is 2.32. The Morgan fingerprint density at radius 1 is 1.46 bits per heavy atom. The summed E-state index contributed by atoms with van der Waals surface area (Å²) in [6, 6.07) is 0. The molecular weight excluding hydrogens is 184 g/mol. The minimum Gasteiger partial charge on any atom is -0.504 e. The Labute approximate surface area is 83.4 Å². The molecular formula is C10H16O2S. The number of Topliss-reactive ketones (excluding diaryl/α,β-unsaturated/α-hetero) is 1. The summed E-state index contributed by atoms with van der Waals surface area (Å²) in [6.45, 7) is 4.08. The van der Waals surface area contributed by atoms with E-state index < -0.39 is 0 Å². The Kier molecular flexibility index (Phi) is 3.85. The van der Waals surface area contributed by atoms with Gasteiger partial charge in [-0.1, -0.05) is 26.7 Å². The lowest BCUT2D eigenvalue weighted by Gasteiger charge is -2.05. The van der Waals surface area contributed by atoms with Gasteiger partial charge in [-0.15, -0.1) is 11.8 Å². The molecule has 1 heterocycles. The van der Waals surface area contributed by atoms with Gasteiger partial charge in [0, 0.05) is 4.91 Å². The first-order chi connectivity index (χ1) is 6.20. The molecule has 1 atom stereocenters. The Morgan fingerprint density at radius 3 is 2.62 bits per heavy atom. The molecule has 13 heavy (non-hydrogen) atoms. The maximum atomic E-state index is 11.5. The van der Waals surface area contributed by atoms with Gasteiger partial charge in [-0.3, -0.25) is 4.79 Å². The van der Waals surface area contributed by atoms with Gasteiger partial charge >= 0.3 is 0 Å². The average molecular weight is 200 g/mol. The molecule has 0 fully saturated rings. The number of rotatable bonds is 4. The van der Waals surface area contributed by atoms with Crippen molar-refractivity contribution in [1.82, 2.24) is 0 Å². The van der Waals surface area contributed by atoms with Crippen molar-refractivity contribution in [2.75, 3.05) is 0 Å². The summed E-state index contributed by atoms with van der Waals surface area (Å²) < 4.78 is 0. The van der Waals surface area contributed by atoms with Crippen LogP contribution in [0.15, 0.2) is 10.7 Å². The molecule has 0 bridgehead atoms. The number of allylic oxidation sites excluding steroid dienone is 2. The van der Waals surface area contributed by atoms with Crippen molar-refractivity contribution in [2.45, 2.75) is 44.8 Å². The molecule has 1 N–H and O–H groups in total. The predicted molar refractivity (Wildman–Crippen MR) is 55.9 cm³/mol. The molecule has 2 nitrogen and oxygen atoms in total. The van der Waals surface area contributed by atoms with Crippen molar-refractivity contribution in [3.05, 3.63) is 10.7 Å². The van der Waals surface area contributed by atoms with Crippen molar-refractivity contribution in [3.63, 3.8) is 0 Å². The third kappa shape index (κ3) is 2.27. The second-order valence-corrected chi connectivity index (χ2v) is 4.54. The summed E-state index contributed by atoms with van der Waals surface area (Å²) >= 11 is 1.55. The first-order valence-electron chi connectivity index (χ1n) is 4.83. The highest BCUT2D eigenvalue weighted by atomic mass is 32.2. The van der Waals surface area contributed by atoms with Crippen LogP contribution in [-0.2, 0) is 4.79 Å². The maximum Gasteiger partial charge on any atom is 0.211 e. The summed E-state index contributed by atoms with van der Waals surface area (Å²) in [7, 11) is 0. The molecule has 1 aliphatic heterocycles. The third-order valence-corrected chi connectivity index (χ3v) is 3.72. The fourth-order valence-electron chi connectivity index (χ4n) is 1.40. The van der Waals surface area contributed by atoms with E-state index in [4.69, 9.17) is 0 Å². The van der Waals surface area contributed by atoms with Gasteiger partial charge < -0.3 is 5.11 Å². The van der Waals surface area contributed by atoms with E-state index >= 15 is 0 Å². The van der Waals surface area contributed by atoms with Gasteiger partial charge in [0.05, 0.1) is 5.25 Å². The minimum atomic E-state index is -0.0599. The van der Waals surface area contributed by atoms with E-state index in [1.54, 1.807) is 11.8 Å². The molecule has 3 heteroatoms. The van der Waals surface area contributed by atoms with Crippen LogP contribution in [0.2, 0.25) is 0 Å². The number of aliphatic hydroxyl groups excluding tert-OH is 1. The molecule has 1 aliphatic rings. The number of ketones is 1. The Balaban J connectivity index is 2.54. The molecule has 1 unspecified atom stereocenters. The van der Waals surface area contributed by atoms with E-state index in [0.717, 1.165) is 30.6 Å². The number of carbonyl (C=O) groups excluding carboxylic acids is 1. The van der Waals surface area contributed by atoms with E-state index in [1.165, 1.54) is 0 Å². The molecule has 0 amide bonds. The largest absolute Gasteiger partial charge is 0.504 e. The second-order valence-electron chi connectivity index (χ2n) is 3.24. The zero-order chi connectivity index (χ0) is 9.84. The van der Waals surface area contributed by atoms with Crippen molar-refractivity contribution in [1.29, 1.82) is 0 Å². The van der Waals surface area contributed by atoms with Gasteiger partial charge in [0.25, 0.3) is 0 Å². The molecule has 0 spiro atoms. The lowest BCUT2D eigenvalue weighted by molar-refractivity contribution is -0.117. The maximum absolute atomic E-state index is 11.5. The smallest absolute Gasteiger partial charge is 0.211 e. The van der Waals surface area contributed by atoms with Gasteiger partial charge in [0.1, 0.15) is 0 Å². The number of carbonyl (C=O) groups is 1. The van der Waals surface area contributed by atoms with Gasteiger partial charge in [0.15, 0.2) is 5.76 Å². The topological polar surface area (TPSA) is 37.3 Å². The summed E-state index contributed by atoms with van der Waals surface area (Å²) in [5.74, 6) is -0.0381. The molecule has 0 aromatic rings. The molecule has 0 saturated heterocycles. The van der Waals surface area contributed by atoms with Crippen LogP contribution in [0.25, 0.3) is 0 Å². The van der Waals surface area contributed by atoms with Crippen molar-refractivity contribution >= 4 is 17.5 Å². The number of unbranched alkanes of at least 4 members (excludes halogenated alkanes) is 1. The summed E-state index contributed by atoms with van der Waals surface area (Å²) in [6.07, 6.45) is 3.83. The number of aliphatic hydroxyl groups is 1. The van der Waals surface area contributed by atoms with Crippen LogP contribution in [0.4, 0.5) is 0 Å². The lowest BCUT2D eigenvalue weighted by atomic mass is 10.1. The molecule has 1 rings (SSSR count). The van der Waals surface area contributed by atoms with Gasteiger partial charge in [0.2, 0.25) is 5.78 Å². The molecule has 0 saturated carbocycles. The first-order valence-corrected chi connectivity index (χ1v) is 5.71. The fourth-order valence-corrected chi connectivity index (χ4v) is 2.63. The third-order valence-electron chi connectivity index (χ3n) is 2.22.